The van der Waals surface area contributed by atoms with E-state index in [1.807, 2.05) is 0 Å². The molecular weight excluding hydrogens is 267 g/mol. The average Bonchev–Trinajstić information content (AvgIpc) is 2.23. The molecule has 102 valence electrons. The molecule has 0 saturated heterocycles. The summed E-state index contributed by atoms with van der Waals surface area (Å²) in [6, 6.07) is 4.28. The van der Waals surface area contributed by atoms with Crippen LogP contribution in [0.25, 0.3) is 0 Å². The average molecular weight is 282 g/mol. The van der Waals surface area contributed by atoms with Crippen LogP contribution in [-0.2, 0) is 9.73 Å². The van der Waals surface area contributed by atoms with Crippen LogP contribution in [0.15, 0.2) is 21.5 Å². The number of hydrogen-bond acceptors (Lipinski definition) is 4. The Morgan fingerprint density at radius 2 is 2.05 bits per heavy atom. The molecule has 0 fully saturated rings. The summed E-state index contributed by atoms with van der Waals surface area (Å²) in [5.41, 5.74) is 0.215. The first kappa shape index (κ1) is 15.1. The van der Waals surface area contributed by atoms with E-state index in [9.17, 15) is 8.60 Å². The molecule has 0 aliphatic carbocycles. The lowest BCUT2D eigenvalue weighted by Crippen LogP contribution is -2.07. The minimum absolute atomic E-state index is 0.157. The summed E-state index contributed by atoms with van der Waals surface area (Å²) < 4.78 is 29.3. The van der Waals surface area contributed by atoms with Crippen molar-refractivity contribution >= 4 is 27.4 Å². The van der Waals surface area contributed by atoms with E-state index < -0.39 is 15.5 Å². The number of rotatable bonds is 3. The van der Waals surface area contributed by atoms with Gasteiger partial charge in [0.15, 0.2) is 0 Å². The lowest BCUT2D eigenvalue weighted by atomic mass is 10.1. The van der Waals surface area contributed by atoms with E-state index in [1.54, 1.807) is 25.1 Å². The van der Waals surface area contributed by atoms with E-state index in [-0.39, 0.29) is 16.9 Å². The van der Waals surface area contributed by atoms with Crippen LogP contribution in [0.4, 0.5) is 15.8 Å². The summed E-state index contributed by atoms with van der Waals surface area (Å²) >= 11 is 0. The van der Waals surface area contributed by atoms with Crippen LogP contribution in [0.2, 0.25) is 0 Å². The SMILES string of the molecule is CN(C)C=Nc1cc(N=S(C)(C)=O)cc(F)c1C#N. The first-order valence-electron chi connectivity index (χ1n) is 5.34. The van der Waals surface area contributed by atoms with Crippen molar-refractivity contribution in [3.8, 4) is 6.07 Å². The summed E-state index contributed by atoms with van der Waals surface area (Å²) in [5.74, 6) is -0.724. The van der Waals surface area contributed by atoms with Crippen LogP contribution in [0.1, 0.15) is 5.56 Å². The number of benzene rings is 1. The predicted molar refractivity (Wildman–Crippen MR) is 75.0 cm³/mol. The Morgan fingerprint density at radius 3 is 2.53 bits per heavy atom. The normalized spacial score (nSPS) is 11.4. The molecule has 0 saturated carbocycles. The molecule has 7 heteroatoms. The van der Waals surface area contributed by atoms with Gasteiger partial charge in [0, 0.05) is 42.4 Å². The van der Waals surface area contributed by atoms with Gasteiger partial charge in [0.2, 0.25) is 0 Å². The highest BCUT2D eigenvalue weighted by Crippen LogP contribution is 2.28. The van der Waals surface area contributed by atoms with Gasteiger partial charge in [0.25, 0.3) is 0 Å². The maximum absolute atomic E-state index is 13.7. The van der Waals surface area contributed by atoms with Crippen LogP contribution >= 0.6 is 0 Å². The maximum atomic E-state index is 13.7. The van der Waals surface area contributed by atoms with Crippen LogP contribution in [0.5, 0.6) is 0 Å². The molecule has 0 heterocycles. The van der Waals surface area contributed by atoms with Crippen LogP contribution in [-0.4, -0.2) is 42.1 Å². The van der Waals surface area contributed by atoms with Crippen LogP contribution < -0.4 is 0 Å². The van der Waals surface area contributed by atoms with E-state index in [4.69, 9.17) is 5.26 Å². The van der Waals surface area contributed by atoms with E-state index in [0.717, 1.165) is 6.07 Å². The second-order valence-electron chi connectivity index (χ2n) is 4.41. The van der Waals surface area contributed by atoms with Crippen molar-refractivity contribution in [1.82, 2.24) is 4.90 Å². The van der Waals surface area contributed by atoms with Gasteiger partial charge in [-0.3, -0.25) is 0 Å². The summed E-state index contributed by atoms with van der Waals surface area (Å²) in [6.45, 7) is 0. The summed E-state index contributed by atoms with van der Waals surface area (Å²) in [5, 5.41) is 8.92. The van der Waals surface area contributed by atoms with Crippen molar-refractivity contribution < 1.29 is 8.60 Å². The standard InChI is InChI=1S/C12H15FN4OS/c1-17(2)8-15-12-6-9(16-19(3,4)18)5-11(13)10(12)7-14/h5-6,8H,1-4H3. The molecule has 0 atom stereocenters. The third kappa shape index (κ3) is 4.67. The third-order valence-electron chi connectivity index (χ3n) is 1.92. The molecule has 1 aromatic rings. The quantitative estimate of drug-likeness (QED) is 0.631. The van der Waals surface area contributed by atoms with Crippen LogP contribution in [0.3, 0.4) is 0 Å². The zero-order chi connectivity index (χ0) is 14.6. The molecule has 5 nitrogen and oxygen atoms in total. The van der Waals surface area contributed by atoms with Gasteiger partial charge in [-0.2, -0.15) is 9.62 Å². The minimum atomic E-state index is -2.40. The number of halogens is 1. The van der Waals surface area contributed by atoms with Gasteiger partial charge in [-0.05, 0) is 6.07 Å². The molecule has 0 aromatic heterocycles. The van der Waals surface area contributed by atoms with Crippen molar-refractivity contribution in [2.75, 3.05) is 26.6 Å². The molecular formula is C12H15FN4OS. The highest BCUT2D eigenvalue weighted by atomic mass is 32.2. The number of nitriles is 1. The fourth-order valence-corrected chi connectivity index (χ4v) is 1.89. The van der Waals surface area contributed by atoms with Crippen molar-refractivity contribution in [3.63, 3.8) is 0 Å². The zero-order valence-electron chi connectivity index (χ0n) is 11.2. The molecule has 0 bridgehead atoms. The Kier molecular flexibility index (Phi) is 4.62. The molecule has 0 aliphatic heterocycles. The molecule has 1 aromatic carbocycles. The van der Waals surface area contributed by atoms with E-state index in [1.165, 1.54) is 24.9 Å². The monoisotopic (exact) mass is 282 g/mol. The van der Waals surface area contributed by atoms with Gasteiger partial charge in [-0.25, -0.2) is 13.6 Å². The minimum Gasteiger partial charge on any atom is -0.369 e. The molecule has 19 heavy (non-hydrogen) atoms. The highest BCUT2D eigenvalue weighted by molar-refractivity contribution is 7.92. The Labute approximate surface area is 112 Å². The van der Waals surface area contributed by atoms with Crippen molar-refractivity contribution in [1.29, 1.82) is 5.26 Å². The Balaban J connectivity index is 3.44. The van der Waals surface area contributed by atoms with Crippen molar-refractivity contribution in [2.24, 2.45) is 9.36 Å². The van der Waals surface area contributed by atoms with Gasteiger partial charge < -0.3 is 4.90 Å². The smallest absolute Gasteiger partial charge is 0.145 e. The molecule has 0 spiro atoms. The number of hydrogen-bond donors (Lipinski definition) is 0. The summed E-state index contributed by atoms with van der Waals surface area (Å²) in [6.07, 6.45) is 4.35. The first-order chi connectivity index (χ1) is 8.73. The lowest BCUT2D eigenvalue weighted by molar-refractivity contribution is 0.624. The topological polar surface area (TPSA) is 68.8 Å². The number of aliphatic imine (C=N–C) groups is 1. The van der Waals surface area contributed by atoms with Gasteiger partial charge in [0.1, 0.15) is 17.4 Å². The molecule has 0 unspecified atom stereocenters. The molecule has 0 N–H and O–H groups in total. The lowest BCUT2D eigenvalue weighted by Gasteiger charge is -2.05. The first-order valence-corrected chi connectivity index (χ1v) is 7.67. The van der Waals surface area contributed by atoms with Gasteiger partial charge in [-0.15, -0.1) is 0 Å². The highest BCUT2D eigenvalue weighted by Gasteiger charge is 2.10. The number of nitrogens with zero attached hydrogens (tertiary/aromatic N) is 4. The van der Waals surface area contributed by atoms with E-state index in [0.29, 0.717) is 0 Å². The zero-order valence-corrected chi connectivity index (χ0v) is 12.0. The Hall–Kier alpha value is -1.94. The van der Waals surface area contributed by atoms with Gasteiger partial charge in [-0.1, -0.05) is 0 Å². The molecule has 0 radical (unpaired) electrons. The summed E-state index contributed by atoms with van der Waals surface area (Å²) in [7, 11) is 1.11. The van der Waals surface area contributed by atoms with E-state index in [2.05, 4.69) is 9.36 Å². The molecule has 0 amide bonds. The fraction of sp³-hybridized carbons (Fsp3) is 0.333. The molecule has 1 rings (SSSR count). The predicted octanol–water partition coefficient (Wildman–Crippen LogP) is 2.28. The third-order valence-corrected chi connectivity index (χ3v) is 2.57. The second-order valence-corrected chi connectivity index (χ2v) is 6.96. The van der Waals surface area contributed by atoms with Crippen LogP contribution in [0, 0.1) is 17.1 Å². The van der Waals surface area contributed by atoms with Crippen molar-refractivity contribution in [2.45, 2.75) is 0 Å². The fourth-order valence-electron chi connectivity index (χ4n) is 1.27. The van der Waals surface area contributed by atoms with Gasteiger partial charge >= 0.3 is 0 Å². The van der Waals surface area contributed by atoms with Gasteiger partial charge in [0.05, 0.1) is 17.7 Å². The largest absolute Gasteiger partial charge is 0.369 e. The Bertz CT molecular complexity index is 659. The molecule has 0 aliphatic rings. The second kappa shape index (κ2) is 5.80. The maximum Gasteiger partial charge on any atom is 0.145 e. The van der Waals surface area contributed by atoms with Crippen molar-refractivity contribution in [3.05, 3.63) is 23.5 Å². The van der Waals surface area contributed by atoms with E-state index >= 15 is 0 Å². The Morgan fingerprint density at radius 1 is 1.42 bits per heavy atom. The summed E-state index contributed by atoms with van der Waals surface area (Å²) in [4.78, 5) is 5.67.